The van der Waals surface area contributed by atoms with Gasteiger partial charge in [-0.15, -0.1) is 11.8 Å². The van der Waals surface area contributed by atoms with Crippen molar-refractivity contribution in [2.75, 3.05) is 12.9 Å². The first-order chi connectivity index (χ1) is 14.0. The summed E-state index contributed by atoms with van der Waals surface area (Å²) < 4.78 is 5.66. The van der Waals surface area contributed by atoms with E-state index in [1.165, 1.54) is 56.4 Å². The summed E-state index contributed by atoms with van der Waals surface area (Å²) in [6.45, 7) is 2.47. The number of rotatable bonds is 10. The monoisotopic (exact) mass is 422 g/mol. The molecule has 1 aliphatic carbocycles. The molecule has 1 fully saturated rings. The van der Waals surface area contributed by atoms with Gasteiger partial charge in [0.15, 0.2) is 5.75 Å². The minimum atomic E-state index is -0.552. The molecule has 7 nitrogen and oxygen atoms in total. The van der Waals surface area contributed by atoms with Gasteiger partial charge in [0.05, 0.1) is 16.4 Å². The van der Waals surface area contributed by atoms with Crippen LogP contribution >= 0.6 is 11.8 Å². The minimum absolute atomic E-state index is 0.0963. The van der Waals surface area contributed by atoms with Gasteiger partial charge in [-0.3, -0.25) is 14.9 Å². The van der Waals surface area contributed by atoms with E-state index in [2.05, 4.69) is 0 Å². The van der Waals surface area contributed by atoms with Gasteiger partial charge in [-0.1, -0.05) is 44.6 Å². The van der Waals surface area contributed by atoms with Gasteiger partial charge >= 0.3 is 5.69 Å². The normalized spacial score (nSPS) is 14.6. The van der Waals surface area contributed by atoms with Gasteiger partial charge in [-0.05, 0) is 42.7 Å². The van der Waals surface area contributed by atoms with Crippen molar-refractivity contribution in [1.29, 1.82) is 0 Å². The zero-order chi connectivity index (χ0) is 21.6. The van der Waals surface area contributed by atoms with Crippen LogP contribution < -0.4 is 10.5 Å². The van der Waals surface area contributed by atoms with Gasteiger partial charge in [-0.25, -0.2) is 0 Å². The Morgan fingerprint density at radius 1 is 1.31 bits per heavy atom. The fourth-order valence-corrected chi connectivity index (χ4v) is 3.92. The van der Waals surface area contributed by atoms with E-state index in [0.717, 1.165) is 18.8 Å². The molecule has 0 aromatic heterocycles. The Kier molecular flexibility index (Phi) is 11.7. The standard InChI is InChI=1S/C20H28N2O4S.CH2O/c1-27-19(20(21)23)14-16-10-11-18(17(13-16)22(24)25)26-12-6-5-9-15-7-3-2-4-8-15;1-2/h10-11,13-15H,2-9,12H2,1H3,(H2,21,23);1H2/b19-14-;. The van der Waals surface area contributed by atoms with Crippen molar-refractivity contribution in [3.8, 4) is 5.75 Å². The lowest BCUT2D eigenvalue weighted by atomic mass is 9.86. The van der Waals surface area contributed by atoms with Crippen LogP contribution in [0.5, 0.6) is 5.75 Å². The van der Waals surface area contributed by atoms with Gasteiger partial charge in [0, 0.05) is 6.07 Å². The molecule has 29 heavy (non-hydrogen) atoms. The first kappa shape index (κ1) is 24.7. The third-order valence-corrected chi connectivity index (χ3v) is 5.69. The van der Waals surface area contributed by atoms with Crippen molar-refractivity contribution in [2.24, 2.45) is 11.7 Å². The SMILES string of the molecule is C=O.CS/C(=C\c1ccc(OCCCCC2CCCCC2)c([N+](=O)[O-])c1)C(N)=O. The molecule has 1 amide bonds. The number of amides is 1. The van der Waals surface area contributed by atoms with Gasteiger partial charge in [0.2, 0.25) is 0 Å². The van der Waals surface area contributed by atoms with Crippen LogP contribution in [0.3, 0.4) is 0 Å². The topological polar surface area (TPSA) is 113 Å². The molecule has 2 rings (SSSR count). The number of nitro groups is 1. The average Bonchev–Trinajstić information content (AvgIpc) is 2.74. The number of nitrogens with zero attached hydrogens (tertiary/aromatic N) is 1. The highest BCUT2D eigenvalue weighted by Crippen LogP contribution is 2.31. The van der Waals surface area contributed by atoms with E-state index in [4.69, 9.17) is 15.3 Å². The highest BCUT2D eigenvalue weighted by atomic mass is 32.2. The Morgan fingerprint density at radius 2 is 2.00 bits per heavy atom. The Bertz CT molecular complexity index is 702. The number of hydrogen-bond acceptors (Lipinski definition) is 6. The third kappa shape index (κ3) is 8.68. The van der Waals surface area contributed by atoms with Gasteiger partial charge in [0.1, 0.15) is 6.79 Å². The van der Waals surface area contributed by atoms with Crippen molar-refractivity contribution in [3.63, 3.8) is 0 Å². The molecular weight excluding hydrogens is 392 g/mol. The maximum atomic E-state index is 11.4. The summed E-state index contributed by atoms with van der Waals surface area (Å²) in [5.41, 5.74) is 5.74. The summed E-state index contributed by atoms with van der Waals surface area (Å²) in [6.07, 6.45) is 13.2. The van der Waals surface area contributed by atoms with Crippen molar-refractivity contribution in [3.05, 3.63) is 38.8 Å². The van der Waals surface area contributed by atoms with Crippen LogP contribution in [-0.4, -0.2) is 30.5 Å². The highest BCUT2D eigenvalue weighted by molar-refractivity contribution is 8.03. The fourth-order valence-electron chi connectivity index (χ4n) is 3.46. The van der Waals surface area contributed by atoms with Crippen LogP contribution in [0.25, 0.3) is 6.08 Å². The second kappa shape index (κ2) is 13.8. The van der Waals surface area contributed by atoms with E-state index in [-0.39, 0.29) is 11.4 Å². The largest absolute Gasteiger partial charge is 0.487 e. The first-order valence-electron chi connectivity index (χ1n) is 9.77. The molecule has 0 spiro atoms. The number of carbonyl (C=O) groups excluding carboxylic acids is 2. The Balaban J connectivity index is 0.00000204. The second-order valence-corrected chi connectivity index (χ2v) is 7.76. The molecule has 0 radical (unpaired) electrons. The van der Waals surface area contributed by atoms with E-state index in [9.17, 15) is 14.9 Å². The summed E-state index contributed by atoms with van der Waals surface area (Å²) in [6, 6.07) is 4.70. The third-order valence-electron chi connectivity index (χ3n) is 4.93. The zero-order valence-corrected chi connectivity index (χ0v) is 17.7. The number of unbranched alkanes of at least 4 members (excludes halogenated alkanes) is 1. The molecular formula is C21H30N2O5S. The Hall–Kier alpha value is -2.35. The number of carbonyl (C=O) groups is 2. The molecule has 0 atom stereocenters. The van der Waals surface area contributed by atoms with Crippen molar-refractivity contribution < 1.29 is 19.2 Å². The summed E-state index contributed by atoms with van der Waals surface area (Å²) in [4.78, 5) is 30.6. The number of nitro benzene ring substituents is 1. The maximum absolute atomic E-state index is 11.4. The van der Waals surface area contributed by atoms with Crippen LogP contribution in [0, 0.1) is 16.0 Å². The van der Waals surface area contributed by atoms with Crippen molar-refractivity contribution in [2.45, 2.75) is 51.4 Å². The van der Waals surface area contributed by atoms with Gasteiger partial charge in [-0.2, -0.15) is 0 Å². The summed E-state index contributed by atoms with van der Waals surface area (Å²) in [7, 11) is 0. The van der Waals surface area contributed by atoms with Crippen LogP contribution in [0.2, 0.25) is 0 Å². The smallest absolute Gasteiger partial charge is 0.311 e. The molecule has 0 aliphatic heterocycles. The highest BCUT2D eigenvalue weighted by Gasteiger charge is 2.17. The van der Waals surface area contributed by atoms with Crippen molar-refractivity contribution >= 4 is 36.2 Å². The number of nitrogens with two attached hydrogens (primary N) is 1. The zero-order valence-electron chi connectivity index (χ0n) is 16.9. The molecule has 0 unspecified atom stereocenters. The number of benzene rings is 1. The summed E-state index contributed by atoms with van der Waals surface area (Å²) >= 11 is 1.21. The first-order valence-corrected chi connectivity index (χ1v) is 11.0. The second-order valence-electron chi connectivity index (χ2n) is 6.91. The van der Waals surface area contributed by atoms with Crippen molar-refractivity contribution in [1.82, 2.24) is 0 Å². The van der Waals surface area contributed by atoms with Crippen LogP contribution in [0.1, 0.15) is 56.9 Å². The van der Waals surface area contributed by atoms with E-state index < -0.39 is 10.8 Å². The van der Waals surface area contributed by atoms with Crippen LogP contribution in [0.4, 0.5) is 5.69 Å². The number of hydrogen-bond donors (Lipinski definition) is 1. The van der Waals surface area contributed by atoms with Gasteiger partial charge < -0.3 is 15.3 Å². The molecule has 2 N–H and O–H groups in total. The molecule has 1 saturated carbocycles. The number of ether oxygens (including phenoxy) is 1. The minimum Gasteiger partial charge on any atom is -0.487 e. The summed E-state index contributed by atoms with van der Waals surface area (Å²) in [5, 5.41) is 11.4. The molecule has 0 bridgehead atoms. The quantitative estimate of drug-likeness (QED) is 0.252. The molecule has 160 valence electrons. The lowest BCUT2D eigenvalue weighted by molar-refractivity contribution is -0.385. The van der Waals surface area contributed by atoms with Crippen LogP contribution in [0.15, 0.2) is 23.1 Å². The van der Waals surface area contributed by atoms with Gasteiger partial charge in [0.25, 0.3) is 5.91 Å². The molecule has 1 aromatic rings. The average molecular weight is 423 g/mol. The number of primary amides is 1. The lowest BCUT2D eigenvalue weighted by Gasteiger charge is -2.21. The van der Waals surface area contributed by atoms with E-state index in [1.54, 1.807) is 24.5 Å². The van der Waals surface area contributed by atoms with Crippen LogP contribution in [-0.2, 0) is 9.59 Å². The summed E-state index contributed by atoms with van der Waals surface area (Å²) in [5.74, 6) is 0.554. The van der Waals surface area contributed by atoms with E-state index >= 15 is 0 Å². The molecule has 0 heterocycles. The molecule has 1 aliphatic rings. The fraction of sp³-hybridized carbons (Fsp3) is 0.524. The molecule has 8 heteroatoms. The predicted octanol–water partition coefficient (Wildman–Crippen LogP) is 4.73. The number of thioether (sulfide) groups is 1. The predicted molar refractivity (Wildman–Crippen MR) is 117 cm³/mol. The maximum Gasteiger partial charge on any atom is 0.311 e. The Labute approximate surface area is 176 Å². The molecule has 0 saturated heterocycles. The van der Waals surface area contributed by atoms with E-state index in [0.29, 0.717) is 17.1 Å². The van der Waals surface area contributed by atoms with E-state index in [1.807, 2.05) is 6.79 Å². The lowest BCUT2D eigenvalue weighted by Crippen LogP contribution is -2.11. The molecule has 1 aromatic carbocycles. The Morgan fingerprint density at radius 3 is 2.59 bits per heavy atom.